The van der Waals surface area contributed by atoms with Gasteiger partial charge in [0.2, 0.25) is 0 Å². The minimum Gasteiger partial charge on any atom is -0.469 e. The number of carbonyl (C=O) groups is 1. The summed E-state index contributed by atoms with van der Waals surface area (Å²) in [6.45, 7) is 1.49. The summed E-state index contributed by atoms with van der Waals surface area (Å²) in [6.07, 6.45) is 2.21. The van der Waals surface area contributed by atoms with Crippen LogP contribution >= 0.6 is 11.3 Å². The van der Waals surface area contributed by atoms with Gasteiger partial charge in [-0.2, -0.15) is 0 Å². The quantitative estimate of drug-likeness (QED) is 0.689. The molecule has 1 aromatic heterocycles. The van der Waals surface area contributed by atoms with Crippen molar-refractivity contribution in [2.24, 2.45) is 0 Å². The lowest BCUT2D eigenvalue weighted by Gasteiger charge is -2.13. The van der Waals surface area contributed by atoms with Crippen molar-refractivity contribution in [1.82, 2.24) is 9.88 Å². The highest BCUT2D eigenvalue weighted by Gasteiger charge is 2.05. The van der Waals surface area contributed by atoms with Crippen molar-refractivity contribution < 1.29 is 9.53 Å². The minimum absolute atomic E-state index is 0.170. The Bertz CT molecular complexity index is 274. The first-order valence-corrected chi connectivity index (χ1v) is 5.24. The van der Waals surface area contributed by atoms with Crippen molar-refractivity contribution >= 4 is 17.3 Å². The summed E-state index contributed by atoms with van der Waals surface area (Å²) in [5.41, 5.74) is 0. The van der Waals surface area contributed by atoms with Crippen LogP contribution in [0, 0.1) is 0 Å². The largest absolute Gasteiger partial charge is 0.469 e. The number of methoxy groups -OCH3 is 1. The summed E-state index contributed by atoms with van der Waals surface area (Å²) in [6, 6.07) is 0. The van der Waals surface area contributed by atoms with E-state index in [1.54, 1.807) is 17.5 Å². The van der Waals surface area contributed by atoms with Gasteiger partial charge in [-0.25, -0.2) is 4.98 Å². The highest BCUT2D eigenvalue weighted by atomic mass is 32.1. The van der Waals surface area contributed by atoms with Gasteiger partial charge >= 0.3 is 5.97 Å². The van der Waals surface area contributed by atoms with Crippen LogP contribution in [0.1, 0.15) is 11.4 Å². The molecule has 14 heavy (non-hydrogen) atoms. The van der Waals surface area contributed by atoms with Crippen LogP contribution in [0.5, 0.6) is 0 Å². The third-order valence-corrected chi connectivity index (χ3v) is 2.58. The lowest BCUT2D eigenvalue weighted by Crippen LogP contribution is -2.21. The molecule has 0 aliphatic carbocycles. The molecule has 78 valence electrons. The predicted octanol–water partition coefficient (Wildman–Crippen LogP) is 1.14. The molecular weight excluding hydrogens is 200 g/mol. The van der Waals surface area contributed by atoms with Gasteiger partial charge in [-0.15, -0.1) is 11.3 Å². The molecule has 0 radical (unpaired) electrons. The lowest BCUT2D eigenvalue weighted by molar-refractivity contribution is -0.140. The molecule has 0 aliphatic rings. The van der Waals surface area contributed by atoms with E-state index in [9.17, 15) is 4.79 Å². The summed E-state index contributed by atoms with van der Waals surface area (Å²) >= 11 is 1.62. The first-order chi connectivity index (χ1) is 6.72. The molecule has 1 aromatic rings. The van der Waals surface area contributed by atoms with Crippen molar-refractivity contribution in [2.75, 3.05) is 20.7 Å². The Labute approximate surface area is 87.5 Å². The Morgan fingerprint density at radius 1 is 1.71 bits per heavy atom. The van der Waals surface area contributed by atoms with E-state index in [0.29, 0.717) is 13.0 Å². The smallest absolute Gasteiger partial charge is 0.306 e. The molecule has 0 spiro atoms. The van der Waals surface area contributed by atoms with Gasteiger partial charge in [0.15, 0.2) is 0 Å². The molecule has 0 amide bonds. The van der Waals surface area contributed by atoms with Gasteiger partial charge in [0.05, 0.1) is 20.1 Å². The van der Waals surface area contributed by atoms with Crippen molar-refractivity contribution in [3.63, 3.8) is 0 Å². The number of hydrogen-bond donors (Lipinski definition) is 0. The van der Waals surface area contributed by atoms with Gasteiger partial charge in [-0.3, -0.25) is 9.69 Å². The molecule has 0 aromatic carbocycles. The SMILES string of the molecule is COC(=O)CCN(C)Cc1nccs1. The first kappa shape index (κ1) is 11.1. The minimum atomic E-state index is -0.170. The predicted molar refractivity (Wildman–Crippen MR) is 55.1 cm³/mol. The zero-order chi connectivity index (χ0) is 10.4. The zero-order valence-corrected chi connectivity index (χ0v) is 9.21. The van der Waals surface area contributed by atoms with Crippen LogP contribution < -0.4 is 0 Å². The molecule has 0 fully saturated rings. The fraction of sp³-hybridized carbons (Fsp3) is 0.556. The van der Waals surface area contributed by atoms with Crippen LogP contribution in [0.15, 0.2) is 11.6 Å². The molecule has 0 N–H and O–H groups in total. The third kappa shape index (κ3) is 3.85. The van der Waals surface area contributed by atoms with Gasteiger partial charge in [-0.1, -0.05) is 0 Å². The summed E-state index contributed by atoms with van der Waals surface area (Å²) in [5.74, 6) is -0.170. The van der Waals surface area contributed by atoms with E-state index in [1.807, 2.05) is 12.4 Å². The molecule has 0 aliphatic heterocycles. The van der Waals surface area contributed by atoms with E-state index in [-0.39, 0.29) is 5.97 Å². The Morgan fingerprint density at radius 3 is 3.07 bits per heavy atom. The van der Waals surface area contributed by atoms with Crippen LogP contribution in [0.25, 0.3) is 0 Å². The third-order valence-electron chi connectivity index (χ3n) is 1.81. The van der Waals surface area contributed by atoms with E-state index in [1.165, 1.54) is 7.11 Å². The standard InChI is InChI=1S/C9H14N2O2S/c1-11(5-3-9(12)13-2)7-8-10-4-6-14-8/h4,6H,3,5,7H2,1-2H3. The lowest BCUT2D eigenvalue weighted by atomic mass is 10.4. The second kappa shape index (κ2) is 5.72. The van der Waals surface area contributed by atoms with Crippen molar-refractivity contribution in [3.8, 4) is 0 Å². The highest BCUT2D eigenvalue weighted by molar-refractivity contribution is 7.09. The van der Waals surface area contributed by atoms with E-state index in [0.717, 1.165) is 11.6 Å². The normalized spacial score (nSPS) is 10.5. The molecule has 0 bridgehead atoms. The maximum atomic E-state index is 10.9. The monoisotopic (exact) mass is 214 g/mol. The summed E-state index contributed by atoms with van der Waals surface area (Å²) in [4.78, 5) is 17.1. The second-order valence-electron chi connectivity index (χ2n) is 2.99. The van der Waals surface area contributed by atoms with Crippen LogP contribution in [0.2, 0.25) is 0 Å². The van der Waals surface area contributed by atoms with Gasteiger partial charge < -0.3 is 4.74 Å². The number of aromatic nitrogens is 1. The Hall–Kier alpha value is -0.940. The molecule has 0 saturated carbocycles. The first-order valence-electron chi connectivity index (χ1n) is 4.36. The number of hydrogen-bond acceptors (Lipinski definition) is 5. The zero-order valence-electron chi connectivity index (χ0n) is 8.40. The fourth-order valence-electron chi connectivity index (χ4n) is 1.03. The van der Waals surface area contributed by atoms with E-state index >= 15 is 0 Å². The average molecular weight is 214 g/mol. The van der Waals surface area contributed by atoms with Crippen LogP contribution in [0.3, 0.4) is 0 Å². The Balaban J connectivity index is 2.22. The molecule has 0 unspecified atom stereocenters. The van der Waals surface area contributed by atoms with Gasteiger partial charge in [0, 0.05) is 18.1 Å². The second-order valence-corrected chi connectivity index (χ2v) is 3.97. The van der Waals surface area contributed by atoms with Crippen molar-refractivity contribution in [2.45, 2.75) is 13.0 Å². The van der Waals surface area contributed by atoms with Crippen LogP contribution in [-0.2, 0) is 16.1 Å². The van der Waals surface area contributed by atoms with Crippen molar-refractivity contribution in [3.05, 3.63) is 16.6 Å². The fourth-order valence-corrected chi connectivity index (χ4v) is 1.72. The number of nitrogens with zero attached hydrogens (tertiary/aromatic N) is 2. The van der Waals surface area contributed by atoms with E-state index in [4.69, 9.17) is 0 Å². The molecule has 1 rings (SSSR count). The number of carbonyl (C=O) groups excluding carboxylic acids is 1. The molecule has 0 atom stereocenters. The van der Waals surface area contributed by atoms with Crippen LogP contribution in [-0.4, -0.2) is 36.6 Å². The number of ether oxygens (including phenoxy) is 1. The maximum absolute atomic E-state index is 10.9. The molecular formula is C9H14N2O2S. The summed E-state index contributed by atoms with van der Waals surface area (Å²) in [7, 11) is 3.37. The van der Waals surface area contributed by atoms with Crippen molar-refractivity contribution in [1.29, 1.82) is 0 Å². The summed E-state index contributed by atoms with van der Waals surface area (Å²) < 4.78 is 4.56. The van der Waals surface area contributed by atoms with Gasteiger partial charge in [0.25, 0.3) is 0 Å². The number of esters is 1. The topological polar surface area (TPSA) is 42.4 Å². The molecule has 0 saturated heterocycles. The van der Waals surface area contributed by atoms with Gasteiger partial charge in [-0.05, 0) is 7.05 Å². The Morgan fingerprint density at radius 2 is 2.50 bits per heavy atom. The molecule has 1 heterocycles. The van der Waals surface area contributed by atoms with Gasteiger partial charge in [0.1, 0.15) is 5.01 Å². The average Bonchev–Trinajstić information content (AvgIpc) is 2.66. The molecule has 5 heteroatoms. The number of thiazole rings is 1. The number of rotatable bonds is 5. The molecule has 4 nitrogen and oxygen atoms in total. The maximum Gasteiger partial charge on any atom is 0.306 e. The van der Waals surface area contributed by atoms with E-state index in [2.05, 4.69) is 14.6 Å². The summed E-state index contributed by atoms with van der Waals surface area (Å²) in [5, 5.41) is 3.01. The Kier molecular flexibility index (Phi) is 4.55. The van der Waals surface area contributed by atoms with E-state index < -0.39 is 0 Å². The van der Waals surface area contributed by atoms with Crippen LogP contribution in [0.4, 0.5) is 0 Å². The highest BCUT2D eigenvalue weighted by Crippen LogP contribution is 2.06.